The van der Waals surface area contributed by atoms with E-state index >= 15 is 0 Å². The van der Waals surface area contributed by atoms with Crippen LogP contribution in [0.5, 0.6) is 0 Å². The van der Waals surface area contributed by atoms with Gasteiger partial charge in [-0.1, -0.05) is 0 Å². The van der Waals surface area contributed by atoms with Crippen LogP contribution in [0.1, 0.15) is 30.5 Å². The summed E-state index contributed by atoms with van der Waals surface area (Å²) in [6.07, 6.45) is 9.31. The molecule has 3 heterocycles. The molecule has 0 radical (unpaired) electrons. The predicted molar refractivity (Wildman–Crippen MR) is 106 cm³/mol. The molecule has 0 spiro atoms. The molecule has 0 aromatic carbocycles. The Morgan fingerprint density at radius 3 is 2.74 bits per heavy atom. The van der Waals surface area contributed by atoms with E-state index in [1.165, 1.54) is 6.08 Å². The van der Waals surface area contributed by atoms with Crippen LogP contribution in [-0.2, 0) is 11.2 Å². The smallest absolute Gasteiger partial charge is 0.228 e. The predicted octanol–water partition coefficient (Wildman–Crippen LogP) is 2.87. The van der Waals surface area contributed by atoms with Crippen LogP contribution in [0.2, 0.25) is 0 Å². The van der Waals surface area contributed by atoms with Crippen LogP contribution in [0.4, 0.5) is 5.95 Å². The van der Waals surface area contributed by atoms with Crippen LogP contribution < -0.4 is 11.1 Å². The van der Waals surface area contributed by atoms with Gasteiger partial charge < -0.3 is 20.8 Å². The van der Waals surface area contributed by atoms with Crippen LogP contribution in [0, 0.1) is 12.3 Å². The maximum atomic E-state index is 7.67. The molecule has 140 valence electrons. The first-order valence-electron chi connectivity index (χ1n) is 8.63. The lowest BCUT2D eigenvalue weighted by atomic mass is 10.1. The number of ether oxygens (including phenoxy) is 1. The second-order valence-electron chi connectivity index (χ2n) is 6.57. The Kier molecular flexibility index (Phi) is 5.35. The number of H-pyrrole nitrogens is 1. The van der Waals surface area contributed by atoms with Gasteiger partial charge in [0.2, 0.25) is 11.8 Å². The Balaban J connectivity index is 1.67. The van der Waals surface area contributed by atoms with E-state index in [0.29, 0.717) is 12.4 Å². The van der Waals surface area contributed by atoms with Crippen molar-refractivity contribution in [2.24, 2.45) is 5.73 Å². The first-order valence-corrected chi connectivity index (χ1v) is 8.63. The van der Waals surface area contributed by atoms with E-state index in [1.807, 2.05) is 33.2 Å². The molecule has 3 aromatic rings. The van der Waals surface area contributed by atoms with Crippen molar-refractivity contribution < 1.29 is 4.74 Å². The van der Waals surface area contributed by atoms with Crippen molar-refractivity contribution in [3.8, 4) is 0 Å². The maximum absolute atomic E-state index is 7.67. The van der Waals surface area contributed by atoms with Gasteiger partial charge in [0.25, 0.3) is 0 Å². The van der Waals surface area contributed by atoms with Gasteiger partial charge in [0.1, 0.15) is 11.5 Å². The molecule has 0 aliphatic rings. The zero-order valence-electron chi connectivity index (χ0n) is 15.6. The highest BCUT2D eigenvalue weighted by Crippen LogP contribution is 2.20. The molecule has 0 unspecified atom stereocenters. The van der Waals surface area contributed by atoms with Crippen LogP contribution in [0.15, 0.2) is 42.8 Å². The van der Waals surface area contributed by atoms with Gasteiger partial charge in [-0.25, -0.2) is 15.0 Å². The Bertz CT molecular complexity index is 973. The van der Waals surface area contributed by atoms with Crippen LogP contribution in [-0.4, -0.2) is 31.9 Å². The molecule has 0 bridgehead atoms. The SMILES string of the molecule is Cc1cnc2[nH]cc(Cc3cnc(N/C(N)=C/C(=N)OC(C)C)nc3)c2c1. The highest BCUT2D eigenvalue weighted by Gasteiger charge is 2.07. The molecule has 3 rings (SSSR count). The fourth-order valence-corrected chi connectivity index (χ4v) is 2.63. The summed E-state index contributed by atoms with van der Waals surface area (Å²) in [7, 11) is 0. The topological polar surface area (TPSA) is 126 Å². The van der Waals surface area contributed by atoms with Gasteiger partial charge in [-0.15, -0.1) is 0 Å². The van der Waals surface area contributed by atoms with Crippen molar-refractivity contribution in [1.29, 1.82) is 5.41 Å². The molecular formula is C19H23N7O. The normalized spacial score (nSPS) is 11.8. The number of hydrogen-bond acceptors (Lipinski definition) is 7. The second kappa shape index (κ2) is 7.86. The van der Waals surface area contributed by atoms with Crippen molar-refractivity contribution in [2.75, 3.05) is 5.32 Å². The molecule has 3 aromatic heterocycles. The van der Waals surface area contributed by atoms with Gasteiger partial charge in [-0.2, -0.15) is 0 Å². The lowest BCUT2D eigenvalue weighted by Gasteiger charge is -2.09. The quantitative estimate of drug-likeness (QED) is 0.393. The monoisotopic (exact) mass is 365 g/mol. The van der Waals surface area contributed by atoms with E-state index in [4.69, 9.17) is 15.9 Å². The van der Waals surface area contributed by atoms with Gasteiger partial charge in [0.15, 0.2) is 0 Å². The molecule has 8 heteroatoms. The molecule has 0 atom stereocenters. The molecule has 8 nitrogen and oxygen atoms in total. The third kappa shape index (κ3) is 4.81. The number of aromatic nitrogens is 4. The summed E-state index contributed by atoms with van der Waals surface area (Å²) in [5, 5.41) is 11.6. The van der Waals surface area contributed by atoms with E-state index in [9.17, 15) is 0 Å². The van der Waals surface area contributed by atoms with Crippen molar-refractivity contribution >= 4 is 22.9 Å². The molecule has 0 amide bonds. The standard InChI is InChI=1S/C19H23N7O/c1-11(2)27-17(21)6-16(20)26-19-24-8-13(9-25-19)5-14-10-23-18-15(14)4-12(3)7-22-18/h4,6-11,21H,5,20H2,1-3H3,(H,22,23)(H,24,25,26)/b16-6+,21-17?. The van der Waals surface area contributed by atoms with Crippen molar-refractivity contribution in [3.63, 3.8) is 0 Å². The molecule has 0 saturated carbocycles. The summed E-state index contributed by atoms with van der Waals surface area (Å²) >= 11 is 0. The minimum atomic E-state index is -0.0828. The summed E-state index contributed by atoms with van der Waals surface area (Å²) in [4.78, 5) is 16.1. The Morgan fingerprint density at radius 2 is 2.04 bits per heavy atom. The maximum Gasteiger partial charge on any atom is 0.228 e. The number of fused-ring (bicyclic) bond motifs is 1. The minimum Gasteiger partial charge on any atom is -0.475 e. The number of nitrogens with zero attached hydrogens (tertiary/aromatic N) is 3. The van der Waals surface area contributed by atoms with Gasteiger partial charge in [-0.3, -0.25) is 5.41 Å². The first-order chi connectivity index (χ1) is 12.9. The van der Waals surface area contributed by atoms with E-state index in [1.54, 1.807) is 12.4 Å². The number of nitrogens with two attached hydrogens (primary N) is 1. The van der Waals surface area contributed by atoms with E-state index in [-0.39, 0.29) is 17.8 Å². The number of aromatic amines is 1. The highest BCUT2D eigenvalue weighted by atomic mass is 16.5. The average molecular weight is 365 g/mol. The number of aryl methyl sites for hydroxylation is 1. The van der Waals surface area contributed by atoms with Crippen LogP contribution in [0.3, 0.4) is 0 Å². The highest BCUT2D eigenvalue weighted by molar-refractivity contribution is 5.85. The molecule has 0 aliphatic heterocycles. The fourth-order valence-electron chi connectivity index (χ4n) is 2.63. The fraction of sp³-hybridized carbons (Fsp3) is 0.263. The van der Waals surface area contributed by atoms with E-state index in [2.05, 4.69) is 31.3 Å². The van der Waals surface area contributed by atoms with Crippen LogP contribution in [0.25, 0.3) is 11.0 Å². The van der Waals surface area contributed by atoms with E-state index < -0.39 is 0 Å². The lowest BCUT2D eigenvalue weighted by Crippen LogP contribution is -2.16. The number of hydrogen-bond donors (Lipinski definition) is 4. The van der Waals surface area contributed by atoms with Crippen LogP contribution >= 0.6 is 0 Å². The van der Waals surface area contributed by atoms with Crippen molar-refractivity contribution in [3.05, 3.63) is 59.4 Å². The van der Waals surface area contributed by atoms with Crippen molar-refractivity contribution in [2.45, 2.75) is 33.3 Å². The Morgan fingerprint density at radius 1 is 1.30 bits per heavy atom. The molecule has 0 saturated heterocycles. The number of nitrogens with one attached hydrogen (secondary N) is 3. The molecule has 27 heavy (non-hydrogen) atoms. The zero-order chi connectivity index (χ0) is 19.4. The summed E-state index contributed by atoms with van der Waals surface area (Å²) in [5.41, 5.74) is 9.95. The summed E-state index contributed by atoms with van der Waals surface area (Å²) in [5.74, 6) is 0.586. The average Bonchev–Trinajstić information content (AvgIpc) is 2.98. The zero-order valence-corrected chi connectivity index (χ0v) is 15.6. The second-order valence-corrected chi connectivity index (χ2v) is 6.57. The molecule has 0 fully saturated rings. The first kappa shape index (κ1) is 18.4. The summed E-state index contributed by atoms with van der Waals surface area (Å²) < 4.78 is 5.22. The number of rotatable bonds is 6. The largest absolute Gasteiger partial charge is 0.475 e. The number of pyridine rings is 1. The Labute approximate surface area is 157 Å². The van der Waals surface area contributed by atoms with Gasteiger partial charge >= 0.3 is 0 Å². The molecular weight excluding hydrogens is 342 g/mol. The third-order valence-electron chi connectivity index (χ3n) is 3.76. The van der Waals surface area contributed by atoms with E-state index in [0.717, 1.165) is 27.7 Å². The Hall–Kier alpha value is -3.42. The molecule has 0 aliphatic carbocycles. The van der Waals surface area contributed by atoms with Gasteiger partial charge in [0.05, 0.1) is 6.10 Å². The third-order valence-corrected chi connectivity index (χ3v) is 3.76. The van der Waals surface area contributed by atoms with Gasteiger partial charge in [0, 0.05) is 42.7 Å². The lowest BCUT2D eigenvalue weighted by molar-refractivity contribution is 0.228. The summed E-state index contributed by atoms with van der Waals surface area (Å²) in [6, 6.07) is 2.12. The molecule has 5 N–H and O–H groups in total. The number of anilines is 1. The summed E-state index contributed by atoms with van der Waals surface area (Å²) in [6.45, 7) is 5.72. The van der Waals surface area contributed by atoms with Gasteiger partial charge in [-0.05, 0) is 43.5 Å². The van der Waals surface area contributed by atoms with Crippen molar-refractivity contribution in [1.82, 2.24) is 19.9 Å². The minimum absolute atomic E-state index is 0.0186.